The smallest absolute Gasteiger partial charge is 0.338 e. The van der Waals surface area contributed by atoms with E-state index in [-0.39, 0.29) is 18.0 Å². The first-order chi connectivity index (χ1) is 11.6. The lowest BCUT2D eigenvalue weighted by Crippen LogP contribution is -2.24. The third-order valence-electron chi connectivity index (χ3n) is 4.24. The molecule has 0 N–H and O–H groups in total. The van der Waals surface area contributed by atoms with Crippen LogP contribution in [0.5, 0.6) is 0 Å². The van der Waals surface area contributed by atoms with Crippen LogP contribution in [0.15, 0.2) is 76.4 Å². The number of esters is 1. The Morgan fingerprint density at radius 1 is 1.08 bits per heavy atom. The van der Waals surface area contributed by atoms with E-state index in [0.717, 1.165) is 12.0 Å². The molecule has 0 saturated heterocycles. The van der Waals surface area contributed by atoms with Gasteiger partial charge in [-0.15, -0.1) is 0 Å². The van der Waals surface area contributed by atoms with Crippen molar-refractivity contribution in [2.75, 3.05) is 0 Å². The van der Waals surface area contributed by atoms with E-state index in [9.17, 15) is 4.79 Å². The largest absolute Gasteiger partial charge is 0.457 e. The average Bonchev–Trinajstić information content (AvgIpc) is 2.92. The van der Waals surface area contributed by atoms with Crippen molar-refractivity contribution in [1.29, 1.82) is 0 Å². The van der Waals surface area contributed by atoms with Gasteiger partial charge in [0, 0.05) is 12.3 Å². The fourth-order valence-electron chi connectivity index (χ4n) is 3.17. The maximum absolute atomic E-state index is 12.4. The Morgan fingerprint density at radius 2 is 1.67 bits per heavy atom. The van der Waals surface area contributed by atoms with Crippen LogP contribution in [-0.4, -0.2) is 12.1 Å². The summed E-state index contributed by atoms with van der Waals surface area (Å²) < 4.78 is 7.08. The van der Waals surface area contributed by atoms with E-state index in [2.05, 4.69) is 41.3 Å². The van der Waals surface area contributed by atoms with Gasteiger partial charge in [0.1, 0.15) is 6.10 Å². The molecule has 2 atom stereocenters. The van der Waals surface area contributed by atoms with Gasteiger partial charge < -0.3 is 4.74 Å². The van der Waals surface area contributed by atoms with Crippen molar-refractivity contribution < 1.29 is 9.53 Å². The van der Waals surface area contributed by atoms with Crippen LogP contribution in [0.3, 0.4) is 0 Å². The van der Waals surface area contributed by atoms with Gasteiger partial charge in [0.05, 0.1) is 5.56 Å². The van der Waals surface area contributed by atoms with E-state index < -0.39 is 0 Å². The van der Waals surface area contributed by atoms with Crippen molar-refractivity contribution in [3.63, 3.8) is 0 Å². The maximum atomic E-state index is 12.4. The van der Waals surface area contributed by atoms with Crippen molar-refractivity contribution >= 4 is 34.1 Å². The van der Waals surface area contributed by atoms with Gasteiger partial charge >= 0.3 is 5.97 Å². The highest BCUT2D eigenvalue weighted by Gasteiger charge is 2.37. The molecule has 0 radical (unpaired) electrons. The van der Waals surface area contributed by atoms with Crippen LogP contribution >= 0.6 is 22.6 Å². The lowest BCUT2D eigenvalue weighted by atomic mass is 9.88. The molecule has 0 fully saturated rings. The van der Waals surface area contributed by atoms with Gasteiger partial charge in [0.2, 0.25) is 0 Å². The summed E-state index contributed by atoms with van der Waals surface area (Å²) in [6.07, 6.45) is 0.540. The molecule has 3 rings (SSSR count). The monoisotopic (exact) mass is 430 g/mol. The van der Waals surface area contributed by atoms with Crippen molar-refractivity contribution in [3.8, 4) is 0 Å². The Labute approximate surface area is 156 Å². The van der Waals surface area contributed by atoms with E-state index >= 15 is 0 Å². The summed E-state index contributed by atoms with van der Waals surface area (Å²) in [6.45, 7) is 6.15. The van der Waals surface area contributed by atoms with Crippen LogP contribution in [0.1, 0.15) is 29.3 Å². The number of carbonyl (C=O) groups is 1. The normalized spacial score (nSPS) is 20.1. The first kappa shape index (κ1) is 17.0. The molecule has 0 amide bonds. The number of rotatable bonds is 4. The lowest BCUT2D eigenvalue weighted by Gasteiger charge is -2.23. The zero-order valence-electron chi connectivity index (χ0n) is 13.5. The number of ether oxygens (including phenoxy) is 1. The highest BCUT2D eigenvalue weighted by atomic mass is 127. The summed E-state index contributed by atoms with van der Waals surface area (Å²) in [5.41, 5.74) is 4.01. The van der Waals surface area contributed by atoms with Crippen molar-refractivity contribution in [3.05, 3.63) is 87.5 Å². The zero-order valence-corrected chi connectivity index (χ0v) is 15.7. The second-order valence-electron chi connectivity index (χ2n) is 6.02. The summed E-state index contributed by atoms with van der Waals surface area (Å²) in [7, 11) is 0. The number of benzene rings is 2. The second kappa shape index (κ2) is 7.34. The molecule has 0 spiro atoms. The Hall–Kier alpha value is -1.88. The molecular formula is C21H19IO2. The third-order valence-corrected chi connectivity index (χ3v) is 5.26. The summed E-state index contributed by atoms with van der Waals surface area (Å²) in [4.78, 5) is 12.4. The predicted molar refractivity (Wildman–Crippen MR) is 106 cm³/mol. The molecule has 2 aromatic carbocycles. The third kappa shape index (κ3) is 3.46. The van der Waals surface area contributed by atoms with Crippen LogP contribution in [0.4, 0.5) is 0 Å². The van der Waals surface area contributed by atoms with E-state index in [1.807, 2.05) is 43.3 Å². The molecule has 1 aliphatic rings. The van der Waals surface area contributed by atoms with Crippen molar-refractivity contribution in [2.45, 2.75) is 19.4 Å². The summed E-state index contributed by atoms with van der Waals surface area (Å²) in [5.74, 6) is -0.239. The van der Waals surface area contributed by atoms with Crippen molar-refractivity contribution in [2.24, 2.45) is 5.92 Å². The first-order valence-electron chi connectivity index (χ1n) is 7.93. The molecular weight excluding hydrogens is 411 g/mol. The predicted octanol–water partition coefficient (Wildman–Crippen LogP) is 5.65. The highest BCUT2D eigenvalue weighted by molar-refractivity contribution is 14.1. The minimum atomic E-state index is -0.273. The minimum absolute atomic E-state index is 0.0342. The average molecular weight is 430 g/mol. The Kier molecular flexibility index (Phi) is 5.19. The standard InChI is InChI=1S/C21H19IO2/c1-14(2)19-18(24-21(23)16-11-7-4-8-12-16)13-17(22)20(19)15-9-5-3-6-10-15/h3-12,18-19H,1,13H2,2H3/t18-,19+/m1/s1. The second-order valence-corrected chi connectivity index (χ2v) is 7.32. The number of carbonyl (C=O) groups excluding carboxylic acids is 1. The van der Waals surface area contributed by atoms with Gasteiger partial charge in [-0.05, 0) is 56.4 Å². The number of hydrogen-bond acceptors (Lipinski definition) is 2. The molecule has 0 unspecified atom stereocenters. The quantitative estimate of drug-likeness (QED) is 0.356. The van der Waals surface area contributed by atoms with E-state index in [1.54, 1.807) is 12.1 Å². The van der Waals surface area contributed by atoms with Gasteiger partial charge in [-0.3, -0.25) is 0 Å². The first-order valence-corrected chi connectivity index (χ1v) is 9.01. The van der Waals surface area contributed by atoms with E-state index in [1.165, 1.54) is 14.7 Å². The maximum Gasteiger partial charge on any atom is 0.338 e. The molecule has 24 heavy (non-hydrogen) atoms. The molecule has 0 saturated carbocycles. The van der Waals surface area contributed by atoms with Crippen LogP contribution < -0.4 is 0 Å². The molecule has 0 heterocycles. The van der Waals surface area contributed by atoms with Crippen LogP contribution in [0.25, 0.3) is 5.57 Å². The van der Waals surface area contributed by atoms with Crippen LogP contribution in [0, 0.1) is 5.92 Å². The molecule has 0 aromatic heterocycles. The topological polar surface area (TPSA) is 26.3 Å². The fourth-order valence-corrected chi connectivity index (χ4v) is 4.25. The molecule has 3 heteroatoms. The fraction of sp³-hybridized carbons (Fsp3) is 0.190. The van der Waals surface area contributed by atoms with Crippen molar-refractivity contribution in [1.82, 2.24) is 0 Å². The number of hydrogen-bond donors (Lipinski definition) is 0. The highest BCUT2D eigenvalue weighted by Crippen LogP contribution is 2.46. The molecule has 2 nitrogen and oxygen atoms in total. The van der Waals surface area contributed by atoms with Gasteiger partial charge in [0.25, 0.3) is 0 Å². The van der Waals surface area contributed by atoms with Crippen LogP contribution in [0.2, 0.25) is 0 Å². The van der Waals surface area contributed by atoms with Gasteiger partial charge in [-0.1, -0.05) is 60.7 Å². The SMILES string of the molecule is C=C(C)[C@@H]1C(c2ccccc2)=C(I)C[C@H]1OC(=O)c1ccccc1. The molecule has 0 bridgehead atoms. The molecule has 2 aromatic rings. The summed E-state index contributed by atoms with van der Waals surface area (Å²) in [6, 6.07) is 19.4. The zero-order chi connectivity index (χ0) is 17.1. The summed E-state index contributed by atoms with van der Waals surface area (Å²) >= 11 is 2.37. The molecule has 0 aliphatic heterocycles. The van der Waals surface area contributed by atoms with Crippen LogP contribution in [-0.2, 0) is 4.74 Å². The van der Waals surface area contributed by atoms with Gasteiger partial charge in [0.15, 0.2) is 0 Å². The van der Waals surface area contributed by atoms with Gasteiger partial charge in [-0.2, -0.15) is 0 Å². The molecule has 122 valence electrons. The molecule has 1 aliphatic carbocycles. The Balaban J connectivity index is 1.86. The minimum Gasteiger partial charge on any atom is -0.457 e. The number of halogens is 1. The lowest BCUT2D eigenvalue weighted by molar-refractivity contribution is 0.0269. The van der Waals surface area contributed by atoms with E-state index in [4.69, 9.17) is 4.74 Å². The Bertz CT molecular complexity index is 778. The summed E-state index contributed by atoms with van der Waals surface area (Å²) in [5, 5.41) is 0. The Morgan fingerprint density at radius 3 is 2.25 bits per heavy atom. The van der Waals surface area contributed by atoms with E-state index in [0.29, 0.717) is 5.56 Å². The van der Waals surface area contributed by atoms with Gasteiger partial charge in [-0.25, -0.2) is 4.79 Å².